The number of carboxylic acids is 1. The van der Waals surface area contributed by atoms with Gasteiger partial charge in [0.15, 0.2) is 4.91 Å². The summed E-state index contributed by atoms with van der Waals surface area (Å²) in [6.07, 6.45) is 6.55. The Morgan fingerprint density at radius 2 is 1.76 bits per heavy atom. The molecule has 112 valence electrons. The Hall–Kier alpha value is -2.08. The molecule has 6 heteroatoms. The number of aliphatic carboxylic acids is 1. The molecule has 1 aliphatic heterocycles. The van der Waals surface area contributed by atoms with Crippen LogP contribution < -0.4 is 0 Å². The molecule has 1 N–H and O–H groups in total. The van der Waals surface area contributed by atoms with Crippen LogP contribution in [0, 0.1) is 0 Å². The summed E-state index contributed by atoms with van der Waals surface area (Å²) < 4.78 is 24.6. The predicted octanol–water partition coefficient (Wildman–Crippen LogP) is 2.04. The van der Waals surface area contributed by atoms with Crippen LogP contribution in [-0.2, 0) is 14.6 Å². The molecule has 2 rings (SSSR count). The second kappa shape index (κ2) is 6.58. The number of nitrogens with zero attached hydrogens (tertiary/aromatic N) is 1. The van der Waals surface area contributed by atoms with Gasteiger partial charge in [-0.3, -0.25) is 0 Å². The molecular formula is C15H17NO4S. The lowest BCUT2D eigenvalue weighted by molar-refractivity contribution is -0.131. The van der Waals surface area contributed by atoms with Crippen LogP contribution >= 0.6 is 0 Å². The Balaban J connectivity index is 2.28. The molecule has 0 spiro atoms. The first-order chi connectivity index (χ1) is 10.0. The minimum Gasteiger partial charge on any atom is -0.477 e. The molecule has 1 saturated heterocycles. The molecule has 1 aliphatic rings. The number of benzene rings is 1. The second-order valence-electron chi connectivity index (χ2n) is 4.74. The summed E-state index contributed by atoms with van der Waals surface area (Å²) in [7, 11) is -4.00. The van der Waals surface area contributed by atoms with E-state index in [0.29, 0.717) is 0 Å². The molecular weight excluding hydrogens is 290 g/mol. The molecule has 5 nitrogen and oxygen atoms in total. The summed E-state index contributed by atoms with van der Waals surface area (Å²) in [6, 6.07) is 7.57. The molecule has 1 aromatic carbocycles. The van der Waals surface area contributed by atoms with E-state index in [1.165, 1.54) is 18.2 Å². The van der Waals surface area contributed by atoms with E-state index >= 15 is 0 Å². The van der Waals surface area contributed by atoms with Crippen LogP contribution in [-0.4, -0.2) is 37.5 Å². The normalized spacial score (nSPS) is 16.6. The zero-order valence-corrected chi connectivity index (χ0v) is 12.3. The van der Waals surface area contributed by atoms with Crippen molar-refractivity contribution in [2.24, 2.45) is 0 Å². The molecule has 0 saturated carbocycles. The van der Waals surface area contributed by atoms with Gasteiger partial charge in [-0.1, -0.05) is 18.2 Å². The van der Waals surface area contributed by atoms with Gasteiger partial charge in [0.25, 0.3) is 0 Å². The van der Waals surface area contributed by atoms with Crippen molar-refractivity contribution in [1.82, 2.24) is 4.90 Å². The number of sulfone groups is 1. The molecule has 1 aromatic rings. The number of carbonyl (C=O) groups is 1. The van der Waals surface area contributed by atoms with Gasteiger partial charge in [-0.05, 0) is 43.3 Å². The Morgan fingerprint density at radius 3 is 2.33 bits per heavy atom. The van der Waals surface area contributed by atoms with Crippen molar-refractivity contribution in [3.8, 4) is 0 Å². The van der Waals surface area contributed by atoms with Crippen molar-refractivity contribution in [2.75, 3.05) is 13.1 Å². The quantitative estimate of drug-likeness (QED) is 0.665. The smallest absolute Gasteiger partial charge is 0.347 e. The zero-order valence-electron chi connectivity index (χ0n) is 11.5. The van der Waals surface area contributed by atoms with Crippen LogP contribution in [0.1, 0.15) is 12.8 Å². The molecule has 0 amide bonds. The Kier molecular flexibility index (Phi) is 4.80. The van der Waals surface area contributed by atoms with E-state index in [1.807, 2.05) is 4.90 Å². The van der Waals surface area contributed by atoms with Crippen molar-refractivity contribution in [3.63, 3.8) is 0 Å². The summed E-state index contributed by atoms with van der Waals surface area (Å²) in [4.78, 5) is 12.6. The number of allylic oxidation sites excluding steroid dienone is 2. The number of hydrogen-bond acceptors (Lipinski definition) is 4. The monoisotopic (exact) mass is 307 g/mol. The Morgan fingerprint density at radius 1 is 1.14 bits per heavy atom. The highest BCUT2D eigenvalue weighted by atomic mass is 32.2. The van der Waals surface area contributed by atoms with Gasteiger partial charge in [-0.15, -0.1) is 0 Å². The third kappa shape index (κ3) is 3.72. The number of rotatable bonds is 5. The van der Waals surface area contributed by atoms with E-state index in [2.05, 4.69) is 0 Å². The van der Waals surface area contributed by atoms with Crippen LogP contribution in [0.2, 0.25) is 0 Å². The number of carboxylic acid groups (broad SMARTS) is 1. The minimum absolute atomic E-state index is 0.0202. The van der Waals surface area contributed by atoms with E-state index in [9.17, 15) is 13.2 Å². The van der Waals surface area contributed by atoms with Crippen LogP contribution in [0.3, 0.4) is 0 Å². The lowest BCUT2D eigenvalue weighted by Gasteiger charge is -2.09. The van der Waals surface area contributed by atoms with Crippen LogP contribution in [0.5, 0.6) is 0 Å². The van der Waals surface area contributed by atoms with E-state index in [4.69, 9.17) is 5.11 Å². The van der Waals surface area contributed by atoms with E-state index in [-0.39, 0.29) is 4.90 Å². The fourth-order valence-corrected chi connectivity index (χ4v) is 3.40. The number of likely N-dealkylation sites (tertiary alicyclic amines) is 1. The summed E-state index contributed by atoms with van der Waals surface area (Å²) in [5.41, 5.74) is 0. The minimum atomic E-state index is -4.00. The van der Waals surface area contributed by atoms with Gasteiger partial charge in [0.05, 0.1) is 4.90 Å². The molecule has 0 radical (unpaired) electrons. The van der Waals surface area contributed by atoms with Gasteiger partial charge >= 0.3 is 5.97 Å². The average molecular weight is 307 g/mol. The Labute approximate surface area is 124 Å². The van der Waals surface area contributed by atoms with Gasteiger partial charge in [0.1, 0.15) is 0 Å². The summed E-state index contributed by atoms with van der Waals surface area (Å²) in [6.45, 7) is 1.83. The largest absolute Gasteiger partial charge is 0.477 e. The SMILES string of the molecule is O=C(O)C(=CC=CN1CCCC1)S(=O)(=O)c1ccccc1. The molecule has 0 bridgehead atoms. The Bertz CT molecular complexity index is 656. The van der Waals surface area contributed by atoms with Crippen LogP contribution in [0.4, 0.5) is 0 Å². The standard InChI is InChI=1S/C15H17NO4S/c17-15(18)14(9-6-12-16-10-4-5-11-16)21(19,20)13-7-2-1-3-8-13/h1-3,6-9,12H,4-5,10-11H2,(H,17,18). The van der Waals surface area contributed by atoms with Gasteiger partial charge in [0, 0.05) is 13.1 Å². The van der Waals surface area contributed by atoms with Crippen LogP contribution in [0.15, 0.2) is 58.5 Å². The molecule has 0 aromatic heterocycles. The second-order valence-corrected chi connectivity index (χ2v) is 6.66. The van der Waals surface area contributed by atoms with Crippen LogP contribution in [0.25, 0.3) is 0 Å². The third-order valence-corrected chi connectivity index (χ3v) is 5.02. The maximum absolute atomic E-state index is 12.3. The molecule has 0 unspecified atom stereocenters. The number of hydrogen-bond donors (Lipinski definition) is 1. The third-order valence-electron chi connectivity index (χ3n) is 3.24. The van der Waals surface area contributed by atoms with E-state index < -0.39 is 20.7 Å². The highest BCUT2D eigenvalue weighted by Gasteiger charge is 2.25. The van der Waals surface area contributed by atoms with Gasteiger partial charge in [0.2, 0.25) is 9.84 Å². The fraction of sp³-hybridized carbons (Fsp3) is 0.267. The first-order valence-electron chi connectivity index (χ1n) is 6.68. The highest BCUT2D eigenvalue weighted by Crippen LogP contribution is 2.19. The maximum Gasteiger partial charge on any atom is 0.347 e. The lowest BCUT2D eigenvalue weighted by atomic mass is 10.4. The summed E-state index contributed by atoms with van der Waals surface area (Å²) >= 11 is 0. The first-order valence-corrected chi connectivity index (χ1v) is 8.16. The average Bonchev–Trinajstić information content (AvgIpc) is 2.97. The van der Waals surface area contributed by atoms with Gasteiger partial charge < -0.3 is 10.0 Å². The van der Waals surface area contributed by atoms with Gasteiger partial charge in [-0.25, -0.2) is 13.2 Å². The maximum atomic E-state index is 12.3. The summed E-state index contributed by atoms with van der Waals surface area (Å²) in [5, 5.41) is 9.17. The van der Waals surface area contributed by atoms with Crippen molar-refractivity contribution >= 4 is 15.8 Å². The topological polar surface area (TPSA) is 74.7 Å². The molecule has 1 heterocycles. The molecule has 0 atom stereocenters. The molecule has 0 aliphatic carbocycles. The fourth-order valence-electron chi connectivity index (χ4n) is 2.15. The predicted molar refractivity (Wildman–Crippen MR) is 79.3 cm³/mol. The van der Waals surface area contributed by atoms with Crippen molar-refractivity contribution in [1.29, 1.82) is 0 Å². The summed E-state index contributed by atoms with van der Waals surface area (Å²) in [5.74, 6) is -1.45. The molecule has 1 fully saturated rings. The zero-order chi connectivity index (χ0) is 15.3. The van der Waals surface area contributed by atoms with Crippen molar-refractivity contribution in [3.05, 3.63) is 53.6 Å². The molecule has 21 heavy (non-hydrogen) atoms. The highest BCUT2D eigenvalue weighted by molar-refractivity contribution is 7.96. The van der Waals surface area contributed by atoms with E-state index in [1.54, 1.807) is 24.4 Å². The van der Waals surface area contributed by atoms with Gasteiger partial charge in [-0.2, -0.15) is 0 Å². The van der Waals surface area contributed by atoms with E-state index in [0.717, 1.165) is 32.0 Å². The van der Waals surface area contributed by atoms with Crippen molar-refractivity contribution in [2.45, 2.75) is 17.7 Å². The lowest BCUT2D eigenvalue weighted by Crippen LogP contribution is -2.13. The first kappa shape index (κ1) is 15.3. The van der Waals surface area contributed by atoms with Crippen molar-refractivity contribution < 1.29 is 18.3 Å².